The number of fused-ring (bicyclic) bond motifs is 2. The smallest absolute Gasteiger partial charge is 0.447 e. The number of rotatable bonds is 8. The quantitative estimate of drug-likeness (QED) is 0.253. The Balaban J connectivity index is 1.23. The molecule has 1 aliphatic carbocycles. The van der Waals surface area contributed by atoms with Gasteiger partial charge in [0.05, 0.1) is 49.7 Å². The zero-order chi connectivity index (χ0) is 31.1. The van der Waals surface area contributed by atoms with E-state index >= 15 is 0 Å². The highest BCUT2D eigenvalue weighted by Gasteiger charge is 2.60. The van der Waals surface area contributed by atoms with E-state index in [1.54, 1.807) is 24.3 Å². The molecule has 2 saturated heterocycles. The van der Waals surface area contributed by atoms with Gasteiger partial charge in [-0.1, -0.05) is 11.8 Å². The number of hydrogen-bond donors (Lipinski definition) is 3. The number of nitrogens with one attached hydrogen (secondary N) is 3. The van der Waals surface area contributed by atoms with Crippen molar-refractivity contribution >= 4 is 34.7 Å². The van der Waals surface area contributed by atoms with Gasteiger partial charge in [0.25, 0.3) is 5.91 Å². The van der Waals surface area contributed by atoms with Crippen molar-refractivity contribution in [2.75, 3.05) is 57.6 Å². The molecule has 1 saturated carbocycles. The predicted octanol–water partition coefficient (Wildman–Crippen LogP) is 3.95. The fourth-order valence-electron chi connectivity index (χ4n) is 5.96. The van der Waals surface area contributed by atoms with Crippen LogP contribution < -0.4 is 20.7 Å². The number of alkyl halides is 3. The van der Waals surface area contributed by atoms with E-state index < -0.39 is 11.0 Å². The third kappa shape index (κ3) is 5.61. The third-order valence-corrected chi connectivity index (χ3v) is 9.35. The van der Waals surface area contributed by atoms with E-state index in [0.29, 0.717) is 47.5 Å². The highest BCUT2D eigenvalue weighted by Crippen LogP contribution is 2.53. The van der Waals surface area contributed by atoms with Gasteiger partial charge >= 0.3 is 5.51 Å². The van der Waals surface area contributed by atoms with Gasteiger partial charge < -0.3 is 29.8 Å². The molecule has 2 aromatic heterocycles. The summed E-state index contributed by atoms with van der Waals surface area (Å²) in [6, 6.07) is 8.94. The average Bonchev–Trinajstić information content (AvgIpc) is 3.59. The summed E-state index contributed by atoms with van der Waals surface area (Å²) < 4.78 is 53.1. The van der Waals surface area contributed by atoms with E-state index in [9.17, 15) is 23.2 Å². The number of likely N-dealkylation sites (tertiary alicyclic amines) is 1. The number of benzene rings is 1. The van der Waals surface area contributed by atoms with Crippen LogP contribution in [0.2, 0.25) is 0 Å². The minimum absolute atomic E-state index is 0.0507. The molecule has 1 amide bonds. The van der Waals surface area contributed by atoms with Crippen molar-refractivity contribution in [3.05, 3.63) is 47.8 Å². The zero-order valence-corrected chi connectivity index (χ0v) is 24.9. The summed E-state index contributed by atoms with van der Waals surface area (Å²) in [5, 5.41) is 18.8. The number of methoxy groups -OCH3 is 1. The summed E-state index contributed by atoms with van der Waals surface area (Å²) in [6.45, 7) is 2.40. The summed E-state index contributed by atoms with van der Waals surface area (Å²) >= 11 is -0.219. The molecule has 0 spiro atoms. The minimum Gasteiger partial charge on any atom is -0.495 e. The van der Waals surface area contributed by atoms with Gasteiger partial charge in [0.15, 0.2) is 11.4 Å². The van der Waals surface area contributed by atoms with E-state index in [2.05, 4.69) is 43.7 Å². The summed E-state index contributed by atoms with van der Waals surface area (Å²) in [5.74, 6) is 6.83. The Morgan fingerprint density at radius 3 is 2.80 bits per heavy atom. The van der Waals surface area contributed by atoms with Crippen molar-refractivity contribution in [1.29, 1.82) is 5.26 Å². The Kier molecular flexibility index (Phi) is 7.78. The zero-order valence-electron chi connectivity index (χ0n) is 24.0. The van der Waals surface area contributed by atoms with Gasteiger partial charge in [-0.25, -0.2) is 4.98 Å². The van der Waals surface area contributed by atoms with Crippen LogP contribution in [0.3, 0.4) is 0 Å². The molecule has 0 radical (unpaired) electrons. The van der Waals surface area contributed by atoms with Crippen LogP contribution >= 0.6 is 11.8 Å². The van der Waals surface area contributed by atoms with E-state index in [1.165, 1.54) is 31.0 Å². The molecule has 2 aliphatic heterocycles. The van der Waals surface area contributed by atoms with Crippen molar-refractivity contribution in [3.8, 4) is 23.7 Å². The SMILES string of the molecule is CNC(=O)c1ccc(OC)c(NCC#Cc2cc3c(NC45CCN(C6(C#N)COC6)CC4C5)nccn3c2SC(F)(F)F)c1. The van der Waals surface area contributed by atoms with E-state index in [1.807, 2.05) is 0 Å². The van der Waals surface area contributed by atoms with Crippen LogP contribution in [0.4, 0.5) is 24.7 Å². The highest BCUT2D eigenvalue weighted by atomic mass is 32.2. The van der Waals surface area contributed by atoms with Gasteiger partial charge in [-0.2, -0.15) is 18.4 Å². The van der Waals surface area contributed by atoms with Crippen LogP contribution in [-0.2, 0) is 4.74 Å². The Labute approximate surface area is 256 Å². The summed E-state index contributed by atoms with van der Waals surface area (Å²) in [5.41, 5.74) is -3.63. The second-order valence-corrected chi connectivity index (χ2v) is 12.2. The first-order valence-corrected chi connectivity index (χ1v) is 14.8. The number of amides is 1. The number of carbonyl (C=O) groups excluding carboxylic acids is 1. The van der Waals surface area contributed by atoms with Gasteiger partial charge in [-0.15, -0.1) is 0 Å². The molecule has 1 aromatic carbocycles. The van der Waals surface area contributed by atoms with E-state index in [4.69, 9.17) is 9.47 Å². The standard InChI is InChI=1S/C30H30F3N7O3S/c1-35-26(41)19-5-6-24(42-2)22(12-19)36-8-3-4-20-13-23-25(37-9-11-40(23)27(20)44-30(31,32)33)38-29-7-10-39(15-21(29)14-29)28(16-34)17-43-18-28/h5-6,9,11-13,21,36H,7-8,10,14-15,17-18H2,1-2H3,(H,35,41)(H,37,38). The molecule has 3 aromatic rings. The molecule has 10 nitrogen and oxygen atoms in total. The molecule has 2 atom stereocenters. The molecule has 44 heavy (non-hydrogen) atoms. The number of hydrogen-bond acceptors (Lipinski definition) is 9. The van der Waals surface area contributed by atoms with Crippen LogP contribution in [0.25, 0.3) is 5.52 Å². The average molecular weight is 626 g/mol. The van der Waals surface area contributed by atoms with Crippen LogP contribution in [-0.4, -0.2) is 83.8 Å². The fourth-order valence-corrected chi connectivity index (χ4v) is 6.66. The normalized spacial score (nSPS) is 22.0. The van der Waals surface area contributed by atoms with Gasteiger partial charge in [0, 0.05) is 55.4 Å². The van der Waals surface area contributed by atoms with Crippen LogP contribution in [0.15, 0.2) is 41.7 Å². The van der Waals surface area contributed by atoms with Crippen LogP contribution in [0, 0.1) is 29.1 Å². The van der Waals surface area contributed by atoms with Crippen molar-refractivity contribution < 1.29 is 27.4 Å². The Bertz CT molecular complexity index is 1710. The van der Waals surface area contributed by atoms with Crippen molar-refractivity contribution in [1.82, 2.24) is 19.6 Å². The maximum absolute atomic E-state index is 13.7. The number of nitrogens with zero attached hydrogens (tertiary/aromatic N) is 4. The monoisotopic (exact) mass is 625 g/mol. The lowest BCUT2D eigenvalue weighted by Gasteiger charge is -2.47. The third-order valence-electron chi connectivity index (χ3n) is 8.51. The largest absolute Gasteiger partial charge is 0.495 e. The summed E-state index contributed by atoms with van der Waals surface area (Å²) in [4.78, 5) is 18.7. The summed E-state index contributed by atoms with van der Waals surface area (Å²) in [6.07, 6.45) is 4.67. The van der Waals surface area contributed by atoms with E-state index in [-0.39, 0.29) is 40.3 Å². The first-order valence-electron chi connectivity index (χ1n) is 14.0. The van der Waals surface area contributed by atoms with Crippen LogP contribution in [0.1, 0.15) is 28.8 Å². The molecule has 3 aliphatic rings. The number of ether oxygens (including phenoxy) is 2. The molecule has 3 fully saturated rings. The number of anilines is 2. The Morgan fingerprint density at radius 2 is 2.14 bits per heavy atom. The Morgan fingerprint density at radius 1 is 1.32 bits per heavy atom. The molecular weight excluding hydrogens is 595 g/mol. The second kappa shape index (κ2) is 11.4. The minimum atomic E-state index is -4.53. The number of thioether (sulfide) groups is 1. The molecule has 3 N–H and O–H groups in total. The lowest BCUT2D eigenvalue weighted by Crippen LogP contribution is -2.63. The number of carbonyl (C=O) groups is 1. The first-order chi connectivity index (χ1) is 21.1. The predicted molar refractivity (Wildman–Crippen MR) is 159 cm³/mol. The number of halogens is 3. The maximum Gasteiger partial charge on any atom is 0.447 e. The lowest BCUT2D eigenvalue weighted by molar-refractivity contribution is -0.114. The fraction of sp³-hybridized carbons (Fsp3) is 0.433. The van der Waals surface area contributed by atoms with Crippen LogP contribution in [0.5, 0.6) is 5.75 Å². The number of piperidine rings is 1. The molecular formula is C30H30F3N7O3S. The van der Waals surface area contributed by atoms with Crippen molar-refractivity contribution in [2.24, 2.45) is 5.92 Å². The Hall–Kier alpha value is -4.11. The molecule has 14 heteroatoms. The molecule has 0 bridgehead atoms. The molecule has 6 rings (SSSR count). The maximum atomic E-state index is 13.7. The van der Waals surface area contributed by atoms with Gasteiger partial charge in [0.1, 0.15) is 10.8 Å². The van der Waals surface area contributed by atoms with E-state index in [0.717, 1.165) is 25.9 Å². The molecule has 2 unspecified atom stereocenters. The second-order valence-electron chi connectivity index (χ2n) is 11.1. The number of aromatic nitrogens is 2. The van der Waals surface area contributed by atoms with Gasteiger partial charge in [-0.3, -0.25) is 9.69 Å². The molecule has 230 valence electrons. The molecule has 4 heterocycles. The lowest BCUT2D eigenvalue weighted by atomic mass is 9.92. The van der Waals surface area contributed by atoms with Crippen molar-refractivity contribution in [3.63, 3.8) is 0 Å². The van der Waals surface area contributed by atoms with Gasteiger partial charge in [0.2, 0.25) is 0 Å². The highest BCUT2D eigenvalue weighted by molar-refractivity contribution is 8.00. The number of nitriles is 1. The topological polar surface area (TPSA) is 116 Å². The first kappa shape index (κ1) is 29.9. The van der Waals surface area contributed by atoms with Crippen molar-refractivity contribution in [2.45, 2.75) is 34.5 Å². The summed E-state index contributed by atoms with van der Waals surface area (Å²) in [7, 11) is 3.03. The van der Waals surface area contributed by atoms with Gasteiger partial charge in [-0.05, 0) is 43.0 Å².